The average Bonchev–Trinajstić information content (AvgIpc) is 3.03. The number of aromatic hydroxyl groups is 1. The maximum atomic E-state index is 10.1. The Balaban J connectivity index is 1.54. The number of aromatic nitrogens is 3. The van der Waals surface area contributed by atoms with Gasteiger partial charge in [0.25, 0.3) is 0 Å². The Bertz CT molecular complexity index is 784. The van der Waals surface area contributed by atoms with Gasteiger partial charge in [-0.25, -0.2) is 9.98 Å². The molecule has 124 valence electrons. The summed E-state index contributed by atoms with van der Waals surface area (Å²) in [5, 5.41) is 13.6. The Labute approximate surface area is 140 Å². The second-order valence-corrected chi connectivity index (χ2v) is 6.39. The lowest BCUT2D eigenvalue weighted by atomic mass is 10.1. The minimum atomic E-state index is 0.00404. The molecule has 0 bridgehead atoms. The van der Waals surface area contributed by atoms with E-state index in [0.29, 0.717) is 23.5 Å². The summed E-state index contributed by atoms with van der Waals surface area (Å²) in [6.45, 7) is 0. The predicted octanol–water partition coefficient (Wildman–Crippen LogP) is 3.90. The Morgan fingerprint density at radius 1 is 1.21 bits per heavy atom. The highest BCUT2D eigenvalue weighted by Crippen LogP contribution is 2.31. The largest absolute Gasteiger partial charge is 0.492 e. The number of nitrogens with one attached hydrogen (secondary N) is 2. The van der Waals surface area contributed by atoms with Gasteiger partial charge in [-0.3, -0.25) is 0 Å². The number of hydrogen-bond donors (Lipinski definition) is 3. The molecule has 0 aromatic carbocycles. The molecule has 1 aliphatic carbocycles. The van der Waals surface area contributed by atoms with Gasteiger partial charge < -0.3 is 15.4 Å². The van der Waals surface area contributed by atoms with Crippen LogP contribution in [0.3, 0.4) is 0 Å². The highest BCUT2D eigenvalue weighted by Gasteiger charge is 2.17. The summed E-state index contributed by atoms with van der Waals surface area (Å²) in [5.74, 6) is 1.34. The third-order valence-corrected chi connectivity index (χ3v) is 4.63. The second kappa shape index (κ2) is 6.47. The Hall–Kier alpha value is -2.63. The van der Waals surface area contributed by atoms with Gasteiger partial charge in [-0.1, -0.05) is 25.7 Å². The predicted molar refractivity (Wildman–Crippen MR) is 95.6 cm³/mol. The van der Waals surface area contributed by atoms with Crippen molar-refractivity contribution in [1.82, 2.24) is 15.0 Å². The van der Waals surface area contributed by atoms with Crippen molar-refractivity contribution in [3.63, 3.8) is 0 Å². The number of pyridine rings is 1. The van der Waals surface area contributed by atoms with Gasteiger partial charge in [0.15, 0.2) is 5.82 Å². The van der Waals surface area contributed by atoms with E-state index in [4.69, 9.17) is 0 Å². The van der Waals surface area contributed by atoms with Crippen molar-refractivity contribution in [1.29, 1.82) is 0 Å². The molecule has 1 fully saturated rings. The van der Waals surface area contributed by atoms with Crippen LogP contribution in [-0.4, -0.2) is 32.3 Å². The van der Waals surface area contributed by atoms with Crippen LogP contribution in [0.5, 0.6) is 5.88 Å². The van der Waals surface area contributed by atoms with Crippen molar-refractivity contribution in [2.75, 3.05) is 5.32 Å². The lowest BCUT2D eigenvalue weighted by Crippen LogP contribution is -2.19. The molecule has 0 amide bonds. The third kappa shape index (κ3) is 3.04. The molecule has 4 rings (SSSR count). The summed E-state index contributed by atoms with van der Waals surface area (Å²) >= 11 is 0. The second-order valence-electron chi connectivity index (χ2n) is 6.39. The molecule has 1 saturated carbocycles. The first-order chi connectivity index (χ1) is 11.8. The Morgan fingerprint density at radius 3 is 2.88 bits per heavy atom. The van der Waals surface area contributed by atoms with E-state index < -0.39 is 0 Å². The van der Waals surface area contributed by atoms with Gasteiger partial charge in [-0.05, 0) is 31.1 Å². The van der Waals surface area contributed by atoms with Crippen LogP contribution in [0.2, 0.25) is 0 Å². The van der Waals surface area contributed by atoms with Gasteiger partial charge in [-0.15, -0.1) is 0 Å². The van der Waals surface area contributed by atoms with Gasteiger partial charge in [0, 0.05) is 29.6 Å². The van der Waals surface area contributed by atoms with E-state index in [1.807, 2.05) is 18.2 Å². The number of H-pyrrole nitrogens is 1. The maximum absolute atomic E-state index is 10.1. The topological polar surface area (TPSA) is 86.2 Å². The highest BCUT2D eigenvalue weighted by atomic mass is 16.3. The van der Waals surface area contributed by atoms with Gasteiger partial charge in [0.05, 0.1) is 0 Å². The monoisotopic (exact) mass is 323 g/mol. The van der Waals surface area contributed by atoms with E-state index in [0.717, 1.165) is 24.0 Å². The molecule has 3 heterocycles. The third-order valence-electron chi connectivity index (χ3n) is 4.63. The highest BCUT2D eigenvalue weighted by molar-refractivity contribution is 6.20. The number of nitrogens with zero attached hydrogens (tertiary/aromatic N) is 3. The minimum Gasteiger partial charge on any atom is -0.492 e. The first kappa shape index (κ1) is 14.9. The molecule has 2 aromatic rings. The van der Waals surface area contributed by atoms with Crippen LogP contribution in [-0.2, 0) is 0 Å². The molecular formula is C18H21N5O. The zero-order valence-electron chi connectivity index (χ0n) is 13.5. The van der Waals surface area contributed by atoms with Crippen LogP contribution in [0, 0.1) is 0 Å². The maximum Gasteiger partial charge on any atom is 0.238 e. The van der Waals surface area contributed by atoms with Gasteiger partial charge >= 0.3 is 0 Å². The van der Waals surface area contributed by atoms with E-state index >= 15 is 0 Å². The molecule has 0 radical (unpaired) electrons. The lowest BCUT2D eigenvalue weighted by molar-refractivity contribution is 0.455. The first-order valence-electron chi connectivity index (χ1n) is 8.56. The van der Waals surface area contributed by atoms with E-state index in [-0.39, 0.29) is 5.88 Å². The van der Waals surface area contributed by atoms with Crippen molar-refractivity contribution in [2.24, 2.45) is 4.99 Å². The number of anilines is 1. The smallest absolute Gasteiger partial charge is 0.238 e. The molecule has 0 saturated heterocycles. The minimum absolute atomic E-state index is 0.00404. The molecule has 0 unspecified atom stereocenters. The summed E-state index contributed by atoms with van der Waals surface area (Å²) in [6, 6.07) is 4.28. The van der Waals surface area contributed by atoms with E-state index in [1.54, 1.807) is 12.4 Å². The summed E-state index contributed by atoms with van der Waals surface area (Å²) in [6.07, 6.45) is 12.8. The summed E-state index contributed by atoms with van der Waals surface area (Å²) in [7, 11) is 0. The van der Waals surface area contributed by atoms with Crippen molar-refractivity contribution < 1.29 is 5.11 Å². The fraction of sp³-hybridized carbons (Fsp3) is 0.389. The van der Waals surface area contributed by atoms with Crippen LogP contribution in [0.4, 0.5) is 11.8 Å². The van der Waals surface area contributed by atoms with E-state index in [1.165, 1.54) is 25.7 Å². The van der Waals surface area contributed by atoms with Gasteiger partial charge in [0.2, 0.25) is 11.8 Å². The number of fused-ring (bicyclic) bond motifs is 1. The molecule has 6 nitrogen and oxygen atoms in total. The van der Waals surface area contributed by atoms with Crippen molar-refractivity contribution >= 4 is 29.6 Å². The van der Waals surface area contributed by atoms with Crippen molar-refractivity contribution in [2.45, 2.75) is 44.6 Å². The lowest BCUT2D eigenvalue weighted by Gasteiger charge is -2.14. The summed E-state index contributed by atoms with van der Waals surface area (Å²) in [5.41, 5.74) is 2.46. The molecule has 1 aliphatic heterocycles. The number of allylic oxidation sites excluding steroid dienone is 1. The van der Waals surface area contributed by atoms with Crippen LogP contribution < -0.4 is 5.32 Å². The fourth-order valence-corrected chi connectivity index (χ4v) is 3.36. The molecule has 24 heavy (non-hydrogen) atoms. The van der Waals surface area contributed by atoms with E-state index in [9.17, 15) is 5.11 Å². The first-order valence-corrected chi connectivity index (χ1v) is 8.56. The quantitative estimate of drug-likeness (QED) is 0.748. The number of aromatic amines is 1. The number of hydrogen-bond acceptors (Lipinski definition) is 5. The van der Waals surface area contributed by atoms with Crippen LogP contribution in [0.1, 0.15) is 49.8 Å². The molecule has 2 aromatic heterocycles. The van der Waals surface area contributed by atoms with Crippen LogP contribution in [0.25, 0.3) is 11.6 Å². The molecular weight excluding hydrogens is 302 g/mol. The van der Waals surface area contributed by atoms with Crippen molar-refractivity contribution in [3.05, 3.63) is 29.6 Å². The summed E-state index contributed by atoms with van der Waals surface area (Å²) in [4.78, 5) is 15.9. The van der Waals surface area contributed by atoms with Crippen molar-refractivity contribution in [3.8, 4) is 5.88 Å². The fourth-order valence-electron chi connectivity index (χ4n) is 3.36. The molecule has 6 heteroatoms. The van der Waals surface area contributed by atoms with E-state index in [2.05, 4.69) is 25.3 Å². The Morgan fingerprint density at radius 2 is 2.04 bits per heavy atom. The van der Waals surface area contributed by atoms with Crippen LogP contribution in [0.15, 0.2) is 23.3 Å². The zero-order chi connectivity index (χ0) is 16.4. The Kier molecular flexibility index (Phi) is 4.02. The summed E-state index contributed by atoms with van der Waals surface area (Å²) < 4.78 is 0. The average molecular weight is 323 g/mol. The standard InChI is InChI=1S/C18H21N5O/c24-17-15(10-12-11-20-16-14(12)8-5-9-19-16)22-18(23-17)21-13-6-3-1-2-4-7-13/h5,8-11,13,24H,1-4,6-7H2,(H2,21,22,23). The SMILES string of the molecule is Oc1nc(NC2CCCCCC2)[nH]c1C=C1C=Nc2ncccc21. The molecule has 3 N–H and O–H groups in total. The molecule has 0 spiro atoms. The number of imidazole rings is 1. The number of aliphatic imine (C=N–C) groups is 1. The molecule has 0 atom stereocenters. The zero-order valence-corrected chi connectivity index (χ0v) is 13.5. The molecule has 2 aliphatic rings. The van der Waals surface area contributed by atoms with Gasteiger partial charge in [-0.2, -0.15) is 4.98 Å². The van der Waals surface area contributed by atoms with Gasteiger partial charge in [0.1, 0.15) is 5.69 Å². The van der Waals surface area contributed by atoms with Crippen LogP contribution >= 0.6 is 0 Å². The normalized spacial score (nSPS) is 19.4. The number of rotatable bonds is 3.